The van der Waals surface area contributed by atoms with Crippen LogP contribution in [0.1, 0.15) is 26.3 Å². The molecule has 40 heavy (non-hydrogen) atoms. The van der Waals surface area contributed by atoms with E-state index in [1.165, 1.54) is 42.2 Å². The van der Waals surface area contributed by atoms with Gasteiger partial charge in [-0.05, 0) is 55.3 Å². The Morgan fingerprint density at radius 3 is 2.10 bits per heavy atom. The van der Waals surface area contributed by atoms with Crippen LogP contribution in [0.3, 0.4) is 0 Å². The summed E-state index contributed by atoms with van der Waals surface area (Å²) >= 11 is 18.7. The first-order chi connectivity index (χ1) is 18.8. The van der Waals surface area contributed by atoms with Crippen molar-refractivity contribution in [2.24, 2.45) is 5.92 Å². The van der Waals surface area contributed by atoms with Crippen molar-refractivity contribution in [1.29, 1.82) is 0 Å². The van der Waals surface area contributed by atoms with Gasteiger partial charge in [-0.3, -0.25) is 13.9 Å². The highest BCUT2D eigenvalue weighted by Crippen LogP contribution is 2.30. The number of hydrogen-bond acceptors (Lipinski definition) is 4. The average Bonchev–Trinajstić information content (AvgIpc) is 2.91. The van der Waals surface area contributed by atoms with E-state index in [-0.39, 0.29) is 38.1 Å². The Hall–Kier alpha value is -2.85. The Morgan fingerprint density at radius 2 is 1.52 bits per heavy atom. The molecule has 1 N–H and O–H groups in total. The quantitative estimate of drug-likeness (QED) is 0.275. The number of anilines is 1. The number of hydrogen-bond donors (Lipinski definition) is 1. The lowest BCUT2D eigenvalue weighted by Gasteiger charge is -2.32. The van der Waals surface area contributed by atoms with E-state index in [1.54, 1.807) is 24.3 Å². The average molecular weight is 629 g/mol. The van der Waals surface area contributed by atoms with Crippen molar-refractivity contribution in [2.45, 2.75) is 38.3 Å². The molecule has 3 rings (SSSR count). The second-order valence-corrected chi connectivity index (χ2v) is 12.5. The third-order valence-electron chi connectivity index (χ3n) is 6.04. The van der Waals surface area contributed by atoms with Crippen LogP contribution in [0.15, 0.2) is 71.6 Å². The predicted octanol–water partition coefficient (Wildman–Crippen LogP) is 6.17. The molecule has 0 spiro atoms. The Labute approximate surface area is 248 Å². The zero-order valence-electron chi connectivity index (χ0n) is 22.1. The molecule has 0 aliphatic heterocycles. The molecule has 2 amide bonds. The Kier molecular flexibility index (Phi) is 10.8. The summed E-state index contributed by atoms with van der Waals surface area (Å²) in [5.74, 6) is -1.75. The second-order valence-electron chi connectivity index (χ2n) is 9.46. The number of rotatable bonds is 11. The Bertz CT molecular complexity index is 1450. The summed E-state index contributed by atoms with van der Waals surface area (Å²) in [6, 6.07) is 14.7. The molecule has 214 valence electrons. The molecule has 3 aromatic rings. The summed E-state index contributed by atoms with van der Waals surface area (Å²) < 4.78 is 42.3. The SMILES string of the molecule is CC(C)CNC(=O)C(C)N(Cc1c(Cl)cccc1Cl)C(=O)CN(c1ccc(F)c(Cl)c1)S(=O)(=O)c1ccccc1. The fourth-order valence-electron chi connectivity index (χ4n) is 3.78. The highest BCUT2D eigenvalue weighted by molar-refractivity contribution is 7.92. The van der Waals surface area contributed by atoms with Gasteiger partial charge < -0.3 is 10.2 Å². The molecule has 0 aliphatic rings. The molecule has 0 bridgehead atoms. The zero-order chi connectivity index (χ0) is 29.6. The van der Waals surface area contributed by atoms with Gasteiger partial charge >= 0.3 is 0 Å². The van der Waals surface area contributed by atoms with E-state index < -0.39 is 40.2 Å². The van der Waals surface area contributed by atoms with Gasteiger partial charge in [0, 0.05) is 28.7 Å². The monoisotopic (exact) mass is 627 g/mol. The molecular weight excluding hydrogens is 600 g/mol. The summed E-state index contributed by atoms with van der Waals surface area (Å²) in [6.45, 7) is 4.87. The van der Waals surface area contributed by atoms with Gasteiger partial charge in [-0.1, -0.05) is 72.9 Å². The summed E-state index contributed by atoms with van der Waals surface area (Å²) in [5, 5.41) is 3.03. The number of carbonyl (C=O) groups excluding carboxylic acids is 2. The third-order valence-corrected chi connectivity index (χ3v) is 8.83. The molecule has 0 saturated heterocycles. The first-order valence-corrected chi connectivity index (χ1v) is 14.9. The highest BCUT2D eigenvalue weighted by Gasteiger charge is 2.33. The number of sulfonamides is 1. The summed E-state index contributed by atoms with van der Waals surface area (Å²) in [7, 11) is -4.32. The first kappa shape index (κ1) is 31.7. The minimum atomic E-state index is -4.32. The smallest absolute Gasteiger partial charge is 0.264 e. The minimum absolute atomic E-state index is 0.0313. The topological polar surface area (TPSA) is 86.8 Å². The summed E-state index contributed by atoms with van der Waals surface area (Å²) in [4.78, 5) is 28.1. The van der Waals surface area contributed by atoms with Gasteiger partial charge in [0.25, 0.3) is 10.0 Å². The van der Waals surface area contributed by atoms with Crippen molar-refractivity contribution in [3.8, 4) is 0 Å². The molecule has 1 atom stereocenters. The normalized spacial score (nSPS) is 12.2. The van der Waals surface area contributed by atoms with Crippen LogP contribution >= 0.6 is 34.8 Å². The van der Waals surface area contributed by atoms with Crippen LogP contribution in [0.25, 0.3) is 0 Å². The molecule has 12 heteroatoms. The van der Waals surface area contributed by atoms with Gasteiger partial charge in [0.2, 0.25) is 11.8 Å². The Morgan fingerprint density at radius 1 is 0.900 bits per heavy atom. The van der Waals surface area contributed by atoms with Crippen molar-refractivity contribution < 1.29 is 22.4 Å². The number of halogens is 4. The van der Waals surface area contributed by atoms with Crippen LogP contribution in [-0.4, -0.2) is 44.3 Å². The van der Waals surface area contributed by atoms with Gasteiger partial charge in [0.15, 0.2) is 0 Å². The van der Waals surface area contributed by atoms with Crippen LogP contribution < -0.4 is 9.62 Å². The first-order valence-electron chi connectivity index (χ1n) is 12.4. The maximum absolute atomic E-state index is 14.0. The van der Waals surface area contributed by atoms with E-state index in [1.807, 2.05) is 13.8 Å². The molecule has 0 aliphatic carbocycles. The van der Waals surface area contributed by atoms with Gasteiger partial charge in [-0.15, -0.1) is 0 Å². The molecule has 3 aromatic carbocycles. The maximum atomic E-state index is 14.0. The van der Waals surface area contributed by atoms with Gasteiger partial charge in [-0.25, -0.2) is 12.8 Å². The number of nitrogens with zero attached hydrogens (tertiary/aromatic N) is 2. The third kappa shape index (κ3) is 7.66. The molecule has 0 radical (unpaired) electrons. The fraction of sp³-hybridized carbons (Fsp3) is 0.286. The number of carbonyl (C=O) groups is 2. The molecule has 0 heterocycles. The molecule has 1 unspecified atom stereocenters. The fourth-order valence-corrected chi connectivity index (χ4v) is 5.90. The largest absolute Gasteiger partial charge is 0.354 e. The lowest BCUT2D eigenvalue weighted by Crippen LogP contribution is -2.51. The van der Waals surface area contributed by atoms with E-state index in [0.29, 0.717) is 12.1 Å². The summed E-state index contributed by atoms with van der Waals surface area (Å²) in [5.41, 5.74) is 0.362. The van der Waals surface area contributed by atoms with E-state index in [0.717, 1.165) is 16.4 Å². The van der Waals surface area contributed by atoms with Gasteiger partial charge in [-0.2, -0.15) is 0 Å². The van der Waals surface area contributed by atoms with E-state index in [2.05, 4.69) is 5.32 Å². The van der Waals surface area contributed by atoms with Crippen LogP contribution in [0.5, 0.6) is 0 Å². The van der Waals surface area contributed by atoms with Crippen LogP contribution in [0, 0.1) is 11.7 Å². The van der Waals surface area contributed by atoms with Crippen molar-refractivity contribution in [3.63, 3.8) is 0 Å². The molecule has 0 saturated carbocycles. The molecule has 0 aromatic heterocycles. The van der Waals surface area contributed by atoms with Crippen LogP contribution in [0.4, 0.5) is 10.1 Å². The van der Waals surface area contributed by atoms with E-state index >= 15 is 0 Å². The van der Waals surface area contributed by atoms with Gasteiger partial charge in [0.1, 0.15) is 18.4 Å². The second kappa shape index (κ2) is 13.7. The van der Waals surface area contributed by atoms with E-state index in [9.17, 15) is 22.4 Å². The number of benzene rings is 3. The highest BCUT2D eigenvalue weighted by atomic mass is 35.5. The summed E-state index contributed by atoms with van der Waals surface area (Å²) in [6.07, 6.45) is 0. The number of nitrogens with one attached hydrogen (secondary N) is 1. The minimum Gasteiger partial charge on any atom is -0.354 e. The van der Waals surface area contributed by atoms with Crippen molar-refractivity contribution in [3.05, 3.63) is 93.2 Å². The number of amides is 2. The van der Waals surface area contributed by atoms with Crippen molar-refractivity contribution >= 4 is 62.3 Å². The molecule has 7 nitrogen and oxygen atoms in total. The molecular formula is C28H29Cl3FN3O4S. The maximum Gasteiger partial charge on any atom is 0.264 e. The lowest BCUT2D eigenvalue weighted by molar-refractivity contribution is -0.139. The molecule has 0 fully saturated rings. The van der Waals surface area contributed by atoms with Crippen molar-refractivity contribution in [1.82, 2.24) is 10.2 Å². The van der Waals surface area contributed by atoms with Crippen LogP contribution in [0.2, 0.25) is 15.1 Å². The van der Waals surface area contributed by atoms with Crippen LogP contribution in [-0.2, 0) is 26.2 Å². The zero-order valence-corrected chi connectivity index (χ0v) is 25.2. The van der Waals surface area contributed by atoms with E-state index in [4.69, 9.17) is 34.8 Å². The standard InChI is InChI=1S/C28H29Cl3FN3O4S/c1-18(2)15-33-28(37)19(3)34(16-22-23(29)10-7-11-24(22)30)27(36)17-35(20-12-13-26(32)25(31)14-20)40(38,39)21-8-5-4-6-9-21/h4-14,18-19H,15-17H2,1-3H3,(H,33,37). The Balaban J connectivity index is 2.06. The lowest BCUT2D eigenvalue weighted by atomic mass is 10.1. The predicted molar refractivity (Wildman–Crippen MR) is 157 cm³/mol. The van der Waals surface area contributed by atoms with Gasteiger partial charge in [0.05, 0.1) is 15.6 Å². The van der Waals surface area contributed by atoms with Crippen molar-refractivity contribution in [2.75, 3.05) is 17.4 Å².